The number of esters is 1. The van der Waals surface area contributed by atoms with Gasteiger partial charge in [-0.25, -0.2) is 0 Å². The molecule has 0 spiro atoms. The zero-order chi connectivity index (χ0) is 13.0. The molecule has 1 fully saturated rings. The Morgan fingerprint density at radius 2 is 2.22 bits per heavy atom. The summed E-state index contributed by atoms with van der Waals surface area (Å²) in [5, 5.41) is 0. The number of carbonyl (C=O) groups is 1. The van der Waals surface area contributed by atoms with Gasteiger partial charge in [0.1, 0.15) is 6.10 Å². The Morgan fingerprint density at radius 3 is 2.83 bits per heavy atom. The second kappa shape index (κ2) is 5.87. The van der Waals surface area contributed by atoms with Crippen molar-refractivity contribution >= 4 is 11.7 Å². The van der Waals surface area contributed by atoms with E-state index in [2.05, 4.69) is 0 Å². The first-order valence-corrected chi connectivity index (χ1v) is 6.28. The number of benzene rings is 1. The van der Waals surface area contributed by atoms with Crippen molar-refractivity contribution in [1.82, 2.24) is 0 Å². The summed E-state index contributed by atoms with van der Waals surface area (Å²) in [7, 11) is 0. The van der Waals surface area contributed by atoms with Crippen molar-refractivity contribution < 1.29 is 14.3 Å². The van der Waals surface area contributed by atoms with Crippen LogP contribution in [0.4, 0.5) is 5.69 Å². The number of hydrogen-bond donors (Lipinski definition) is 1. The van der Waals surface area contributed by atoms with Crippen molar-refractivity contribution in [3.8, 4) is 0 Å². The van der Waals surface area contributed by atoms with Gasteiger partial charge in [0.15, 0.2) is 0 Å². The zero-order valence-electron chi connectivity index (χ0n) is 10.6. The van der Waals surface area contributed by atoms with E-state index >= 15 is 0 Å². The van der Waals surface area contributed by atoms with Crippen LogP contribution in [0.2, 0.25) is 0 Å². The van der Waals surface area contributed by atoms with Crippen LogP contribution in [0, 0.1) is 0 Å². The topological polar surface area (TPSA) is 61.5 Å². The second-order valence-corrected chi connectivity index (χ2v) is 4.75. The largest absolute Gasteiger partial charge is 0.460 e. The number of nitrogens with two attached hydrogens (primary N) is 1. The Kier molecular flexibility index (Phi) is 4.20. The minimum absolute atomic E-state index is 0.0592. The Labute approximate surface area is 107 Å². The van der Waals surface area contributed by atoms with E-state index in [1.807, 2.05) is 31.2 Å². The first-order chi connectivity index (χ1) is 8.65. The van der Waals surface area contributed by atoms with Crippen LogP contribution in [0.3, 0.4) is 0 Å². The first kappa shape index (κ1) is 12.9. The molecule has 0 radical (unpaired) electrons. The average molecular weight is 249 g/mol. The highest BCUT2D eigenvalue weighted by molar-refractivity contribution is 5.70. The van der Waals surface area contributed by atoms with Gasteiger partial charge in [0.05, 0.1) is 19.6 Å². The maximum Gasteiger partial charge on any atom is 0.306 e. The minimum Gasteiger partial charge on any atom is -0.460 e. The van der Waals surface area contributed by atoms with E-state index < -0.39 is 0 Å². The molecule has 1 saturated heterocycles. The van der Waals surface area contributed by atoms with Crippen molar-refractivity contribution in [3.05, 3.63) is 29.8 Å². The van der Waals surface area contributed by atoms with Crippen molar-refractivity contribution in [1.29, 1.82) is 0 Å². The Hall–Kier alpha value is -1.55. The number of anilines is 1. The molecule has 2 unspecified atom stereocenters. The van der Waals surface area contributed by atoms with Gasteiger partial charge in [0.2, 0.25) is 0 Å². The fraction of sp³-hybridized carbons (Fsp3) is 0.500. The quantitative estimate of drug-likeness (QED) is 0.655. The van der Waals surface area contributed by atoms with Gasteiger partial charge in [0, 0.05) is 12.1 Å². The molecule has 2 rings (SSSR count). The summed E-state index contributed by atoms with van der Waals surface area (Å²) in [6.45, 7) is 3.23. The molecule has 0 amide bonds. The number of hydrogen-bond acceptors (Lipinski definition) is 4. The van der Waals surface area contributed by atoms with Crippen LogP contribution in [0.5, 0.6) is 0 Å². The Balaban J connectivity index is 1.84. The lowest BCUT2D eigenvalue weighted by molar-refractivity contribution is -0.149. The molecule has 1 aromatic rings. The summed E-state index contributed by atoms with van der Waals surface area (Å²) in [4.78, 5) is 11.7. The van der Waals surface area contributed by atoms with Gasteiger partial charge < -0.3 is 15.2 Å². The van der Waals surface area contributed by atoms with E-state index in [1.54, 1.807) is 0 Å². The van der Waals surface area contributed by atoms with Crippen LogP contribution in [0.1, 0.15) is 31.2 Å². The maximum atomic E-state index is 11.7. The van der Waals surface area contributed by atoms with Crippen LogP contribution >= 0.6 is 0 Å². The fourth-order valence-electron chi connectivity index (χ4n) is 2.03. The Morgan fingerprint density at radius 1 is 1.50 bits per heavy atom. The molecule has 4 heteroatoms. The van der Waals surface area contributed by atoms with Gasteiger partial charge in [-0.15, -0.1) is 0 Å². The monoisotopic (exact) mass is 249 g/mol. The Bertz CT molecular complexity index is 396. The van der Waals surface area contributed by atoms with Crippen molar-refractivity contribution in [2.24, 2.45) is 0 Å². The van der Waals surface area contributed by atoms with Gasteiger partial charge in [-0.2, -0.15) is 0 Å². The van der Waals surface area contributed by atoms with Gasteiger partial charge in [-0.3, -0.25) is 4.79 Å². The molecule has 1 heterocycles. The molecule has 2 atom stereocenters. The lowest BCUT2D eigenvalue weighted by Gasteiger charge is -2.14. The van der Waals surface area contributed by atoms with Crippen LogP contribution in [-0.4, -0.2) is 25.3 Å². The smallest absolute Gasteiger partial charge is 0.306 e. The molecule has 4 nitrogen and oxygen atoms in total. The normalized spacial score (nSPS) is 20.6. The third kappa shape index (κ3) is 3.47. The lowest BCUT2D eigenvalue weighted by Crippen LogP contribution is -2.19. The van der Waals surface area contributed by atoms with Crippen LogP contribution in [-0.2, 0) is 14.3 Å². The molecule has 1 aliphatic heterocycles. The van der Waals surface area contributed by atoms with Gasteiger partial charge >= 0.3 is 5.97 Å². The maximum absolute atomic E-state index is 11.7. The summed E-state index contributed by atoms with van der Waals surface area (Å²) >= 11 is 0. The fourth-order valence-corrected chi connectivity index (χ4v) is 2.03. The number of nitrogen functional groups attached to an aromatic ring is 1. The molecule has 1 aromatic carbocycles. The molecule has 98 valence electrons. The minimum atomic E-state index is -0.158. The predicted octanol–water partition coefficient (Wildman–Crippen LogP) is 2.09. The van der Waals surface area contributed by atoms with Crippen LogP contribution in [0.15, 0.2) is 24.3 Å². The number of ether oxygens (including phenoxy) is 2. The van der Waals surface area contributed by atoms with Crippen molar-refractivity contribution in [2.75, 3.05) is 18.9 Å². The molecular weight excluding hydrogens is 230 g/mol. The van der Waals surface area contributed by atoms with Gasteiger partial charge in [-0.1, -0.05) is 19.1 Å². The van der Waals surface area contributed by atoms with Gasteiger partial charge in [0.25, 0.3) is 0 Å². The van der Waals surface area contributed by atoms with E-state index in [0.717, 1.165) is 17.7 Å². The van der Waals surface area contributed by atoms with Crippen LogP contribution < -0.4 is 5.73 Å². The molecule has 0 aliphatic carbocycles. The average Bonchev–Trinajstić information content (AvgIpc) is 2.82. The molecule has 0 saturated carbocycles. The van der Waals surface area contributed by atoms with E-state index in [0.29, 0.717) is 19.6 Å². The summed E-state index contributed by atoms with van der Waals surface area (Å²) in [6, 6.07) is 7.60. The molecule has 1 aliphatic rings. The molecular formula is C14H19NO3. The highest BCUT2D eigenvalue weighted by atomic mass is 16.6. The second-order valence-electron chi connectivity index (χ2n) is 4.75. The lowest BCUT2D eigenvalue weighted by atomic mass is 9.98. The van der Waals surface area contributed by atoms with Crippen molar-refractivity contribution in [2.45, 2.75) is 31.8 Å². The predicted molar refractivity (Wildman–Crippen MR) is 69.2 cm³/mol. The molecule has 0 bridgehead atoms. The van der Waals surface area contributed by atoms with E-state index in [4.69, 9.17) is 15.2 Å². The summed E-state index contributed by atoms with van der Waals surface area (Å²) in [6.07, 6.45) is 1.14. The summed E-state index contributed by atoms with van der Waals surface area (Å²) in [5.41, 5.74) is 7.47. The van der Waals surface area contributed by atoms with Crippen LogP contribution in [0.25, 0.3) is 0 Å². The molecule has 0 aromatic heterocycles. The first-order valence-electron chi connectivity index (χ1n) is 6.28. The number of rotatable bonds is 4. The number of carbonyl (C=O) groups excluding carboxylic acids is 1. The molecule has 2 N–H and O–H groups in total. The van der Waals surface area contributed by atoms with Gasteiger partial charge in [-0.05, 0) is 23.6 Å². The highest BCUT2D eigenvalue weighted by Crippen LogP contribution is 2.21. The molecule has 18 heavy (non-hydrogen) atoms. The van der Waals surface area contributed by atoms with E-state index in [9.17, 15) is 4.79 Å². The highest BCUT2D eigenvalue weighted by Gasteiger charge is 2.21. The zero-order valence-corrected chi connectivity index (χ0v) is 10.6. The van der Waals surface area contributed by atoms with Crippen molar-refractivity contribution in [3.63, 3.8) is 0 Å². The summed E-state index contributed by atoms with van der Waals surface area (Å²) < 4.78 is 10.5. The SMILES string of the molecule is CC(CC(=O)OC1CCOC1)c1ccc(N)cc1. The van der Waals surface area contributed by atoms with E-state index in [1.165, 1.54) is 0 Å². The van der Waals surface area contributed by atoms with E-state index in [-0.39, 0.29) is 18.0 Å². The third-order valence-corrected chi connectivity index (χ3v) is 3.16. The third-order valence-electron chi connectivity index (χ3n) is 3.16. The summed E-state index contributed by atoms with van der Waals surface area (Å²) in [5.74, 6) is -0.0183. The standard InChI is InChI=1S/C14H19NO3/c1-10(11-2-4-12(15)5-3-11)8-14(16)18-13-6-7-17-9-13/h2-5,10,13H,6-9,15H2,1H3.